The van der Waals surface area contributed by atoms with Crippen LogP contribution in [-0.4, -0.2) is 11.1 Å². The zero-order chi connectivity index (χ0) is 12.4. The summed E-state index contributed by atoms with van der Waals surface area (Å²) in [6.45, 7) is 4.62. The Labute approximate surface area is 110 Å². The smallest absolute Gasteiger partial charge is 0.124 e. The van der Waals surface area contributed by atoms with E-state index in [0.717, 1.165) is 20.3 Å². The molecule has 2 nitrogen and oxygen atoms in total. The minimum absolute atomic E-state index is 0.340. The highest BCUT2D eigenvalue weighted by atomic mass is 32.1. The lowest BCUT2D eigenvalue weighted by Gasteiger charge is -2.12. The normalized spacial score (nSPS) is 10.6. The molecular weight excluding hydrogens is 248 g/mol. The van der Waals surface area contributed by atoms with Gasteiger partial charge < -0.3 is 10.3 Å². The lowest BCUT2D eigenvalue weighted by atomic mass is 10.2. The zero-order valence-corrected chi connectivity index (χ0v) is 11.5. The molecule has 0 aliphatic rings. The molecule has 4 heteroatoms. The first-order valence-corrected chi connectivity index (χ1v) is 6.75. The van der Waals surface area contributed by atoms with Crippen molar-refractivity contribution in [2.45, 2.75) is 19.9 Å². The predicted molar refractivity (Wildman–Crippen MR) is 77.0 cm³/mol. The summed E-state index contributed by atoms with van der Waals surface area (Å²) in [5.41, 5.74) is 6.43. The summed E-state index contributed by atoms with van der Waals surface area (Å²) in [5, 5.41) is 3.19. The average Bonchev–Trinajstić information content (AvgIpc) is 2.77. The summed E-state index contributed by atoms with van der Waals surface area (Å²) in [4.78, 5) is 0. The third-order valence-corrected chi connectivity index (χ3v) is 4.00. The molecule has 0 bridgehead atoms. The van der Waals surface area contributed by atoms with Gasteiger partial charge in [0, 0.05) is 23.2 Å². The van der Waals surface area contributed by atoms with E-state index < -0.39 is 0 Å². The van der Waals surface area contributed by atoms with E-state index in [9.17, 15) is 0 Å². The number of hydrogen-bond donors (Lipinski definition) is 1. The van der Waals surface area contributed by atoms with Crippen molar-refractivity contribution in [2.24, 2.45) is 5.73 Å². The van der Waals surface area contributed by atoms with Gasteiger partial charge in [-0.2, -0.15) is 0 Å². The lowest BCUT2D eigenvalue weighted by molar-refractivity contribution is 0.593. The van der Waals surface area contributed by atoms with E-state index in [-0.39, 0.29) is 0 Å². The number of hydrogen-bond acceptors (Lipinski definition) is 3. The van der Waals surface area contributed by atoms with Crippen LogP contribution in [0.15, 0.2) is 17.6 Å². The van der Waals surface area contributed by atoms with Crippen molar-refractivity contribution in [3.8, 4) is 11.8 Å². The quantitative estimate of drug-likeness (QED) is 0.631. The number of rotatable bonds is 1. The lowest BCUT2D eigenvalue weighted by Crippen LogP contribution is -2.04. The molecule has 0 saturated carbocycles. The molecule has 0 spiro atoms. The Balaban J connectivity index is 2.79. The summed E-state index contributed by atoms with van der Waals surface area (Å²) in [6, 6.07) is 2.41. The van der Waals surface area contributed by atoms with Crippen LogP contribution in [0.3, 0.4) is 0 Å². The van der Waals surface area contributed by atoms with E-state index >= 15 is 0 Å². The Morgan fingerprint density at radius 1 is 1.53 bits per heavy atom. The first-order valence-electron chi connectivity index (χ1n) is 5.46. The summed E-state index contributed by atoms with van der Waals surface area (Å²) >= 11 is 7.17. The maximum absolute atomic E-state index is 5.50. The number of pyridine rings is 1. The minimum atomic E-state index is 0.340. The fourth-order valence-corrected chi connectivity index (χ4v) is 3.07. The molecule has 88 valence electrons. The standard InChI is InChI=1S/C13H14N2S2/c1-9(2)15-8-10(4-3-6-14)11-5-7-17-12(11)13(15)16/h5,7-9H,6,14H2,1-2H3. The zero-order valence-electron chi connectivity index (χ0n) is 9.86. The minimum Gasteiger partial charge on any atom is -0.334 e. The van der Waals surface area contributed by atoms with E-state index in [0.29, 0.717) is 12.6 Å². The molecule has 2 aromatic rings. The molecule has 0 fully saturated rings. The molecule has 0 radical (unpaired) electrons. The van der Waals surface area contributed by atoms with Crippen LogP contribution in [0.2, 0.25) is 0 Å². The van der Waals surface area contributed by atoms with Crippen LogP contribution in [0.5, 0.6) is 0 Å². The van der Waals surface area contributed by atoms with Gasteiger partial charge >= 0.3 is 0 Å². The van der Waals surface area contributed by atoms with Gasteiger partial charge in [0.25, 0.3) is 0 Å². The molecule has 0 atom stereocenters. The molecular formula is C13H14N2S2. The van der Waals surface area contributed by atoms with Crippen LogP contribution in [0.25, 0.3) is 10.1 Å². The molecule has 2 N–H and O–H groups in total. The third kappa shape index (κ3) is 2.27. The monoisotopic (exact) mass is 262 g/mol. The highest BCUT2D eigenvalue weighted by molar-refractivity contribution is 7.71. The molecule has 0 aromatic carbocycles. The van der Waals surface area contributed by atoms with Crippen molar-refractivity contribution in [3.05, 3.63) is 27.8 Å². The molecule has 2 rings (SSSR count). The van der Waals surface area contributed by atoms with E-state index in [1.165, 1.54) is 0 Å². The van der Waals surface area contributed by atoms with E-state index in [1.54, 1.807) is 11.3 Å². The van der Waals surface area contributed by atoms with Crippen LogP contribution in [0.1, 0.15) is 25.5 Å². The Morgan fingerprint density at radius 2 is 2.29 bits per heavy atom. The Morgan fingerprint density at radius 3 is 2.94 bits per heavy atom. The second-order valence-electron chi connectivity index (χ2n) is 4.02. The molecule has 2 aromatic heterocycles. The van der Waals surface area contributed by atoms with Crippen LogP contribution >= 0.6 is 23.6 Å². The topological polar surface area (TPSA) is 30.9 Å². The Hall–Kier alpha value is -1.15. The Kier molecular flexibility index (Phi) is 3.63. The summed E-state index contributed by atoms with van der Waals surface area (Å²) in [6.07, 6.45) is 2.03. The van der Waals surface area contributed by atoms with Crippen molar-refractivity contribution in [2.75, 3.05) is 6.54 Å². The molecule has 0 saturated heterocycles. The van der Waals surface area contributed by atoms with Gasteiger partial charge in [0.2, 0.25) is 0 Å². The summed E-state index contributed by atoms with van der Waals surface area (Å²) in [7, 11) is 0. The first kappa shape index (κ1) is 12.3. The van der Waals surface area contributed by atoms with Crippen LogP contribution in [0.4, 0.5) is 0 Å². The maximum Gasteiger partial charge on any atom is 0.124 e. The van der Waals surface area contributed by atoms with Crippen LogP contribution in [0, 0.1) is 16.5 Å². The van der Waals surface area contributed by atoms with Gasteiger partial charge in [-0.25, -0.2) is 0 Å². The van der Waals surface area contributed by atoms with Gasteiger partial charge in [-0.1, -0.05) is 24.1 Å². The molecule has 2 heterocycles. The van der Waals surface area contributed by atoms with Gasteiger partial charge in [-0.05, 0) is 25.3 Å². The summed E-state index contributed by atoms with van der Waals surface area (Å²) in [5.74, 6) is 6.03. The van der Waals surface area contributed by atoms with Crippen molar-refractivity contribution >= 4 is 33.6 Å². The van der Waals surface area contributed by atoms with Gasteiger partial charge in [-0.3, -0.25) is 0 Å². The molecule has 0 unspecified atom stereocenters. The second-order valence-corrected chi connectivity index (χ2v) is 5.32. The van der Waals surface area contributed by atoms with Gasteiger partial charge in [-0.15, -0.1) is 11.3 Å². The van der Waals surface area contributed by atoms with Crippen molar-refractivity contribution < 1.29 is 0 Å². The van der Waals surface area contributed by atoms with E-state index in [2.05, 4.69) is 41.7 Å². The number of fused-ring (bicyclic) bond motifs is 1. The molecule has 0 aliphatic carbocycles. The maximum atomic E-state index is 5.50. The van der Waals surface area contributed by atoms with Gasteiger partial charge in [0.15, 0.2) is 0 Å². The third-order valence-electron chi connectivity index (χ3n) is 2.53. The number of aromatic nitrogens is 1. The van der Waals surface area contributed by atoms with Gasteiger partial charge in [0.1, 0.15) is 4.64 Å². The van der Waals surface area contributed by atoms with Crippen LogP contribution < -0.4 is 5.73 Å². The fraction of sp³-hybridized carbons (Fsp3) is 0.308. The molecule has 0 amide bonds. The fourth-order valence-electron chi connectivity index (χ4n) is 1.70. The highest BCUT2D eigenvalue weighted by Crippen LogP contribution is 2.26. The van der Waals surface area contributed by atoms with Gasteiger partial charge in [0.05, 0.1) is 11.2 Å². The molecule has 17 heavy (non-hydrogen) atoms. The van der Waals surface area contributed by atoms with E-state index in [4.69, 9.17) is 18.0 Å². The predicted octanol–water partition coefficient (Wildman–Crippen LogP) is 3.32. The number of nitrogens with two attached hydrogens (primary N) is 1. The average molecular weight is 262 g/mol. The van der Waals surface area contributed by atoms with Crippen molar-refractivity contribution in [1.82, 2.24) is 4.57 Å². The van der Waals surface area contributed by atoms with Crippen molar-refractivity contribution in [3.63, 3.8) is 0 Å². The second kappa shape index (κ2) is 5.01. The first-order chi connectivity index (χ1) is 8.15. The highest BCUT2D eigenvalue weighted by Gasteiger charge is 2.08. The van der Waals surface area contributed by atoms with E-state index in [1.807, 2.05) is 6.20 Å². The number of nitrogens with zero attached hydrogens (tertiary/aromatic N) is 1. The SMILES string of the molecule is CC(C)n1cc(C#CCN)c2ccsc2c1=S. The van der Waals surface area contributed by atoms with Crippen LogP contribution in [-0.2, 0) is 0 Å². The largest absolute Gasteiger partial charge is 0.334 e. The molecule has 0 aliphatic heterocycles. The van der Waals surface area contributed by atoms with Crippen molar-refractivity contribution in [1.29, 1.82) is 0 Å². The number of thiophene rings is 1. The summed E-state index contributed by atoms with van der Waals surface area (Å²) < 4.78 is 4.12. The Bertz CT molecular complexity index is 653.